The maximum Gasteiger partial charge on any atom is 0.165 e. The summed E-state index contributed by atoms with van der Waals surface area (Å²) >= 11 is 0. The van der Waals surface area contributed by atoms with E-state index in [9.17, 15) is 4.39 Å². The summed E-state index contributed by atoms with van der Waals surface area (Å²) in [5.41, 5.74) is 0.777. The summed E-state index contributed by atoms with van der Waals surface area (Å²) in [6.07, 6.45) is 1.62. The average molecular weight is 235 g/mol. The van der Waals surface area contributed by atoms with Gasteiger partial charge >= 0.3 is 0 Å². The van der Waals surface area contributed by atoms with Gasteiger partial charge in [-0.15, -0.1) is 0 Å². The molecule has 1 aromatic heterocycles. The summed E-state index contributed by atoms with van der Waals surface area (Å²) in [6.45, 7) is 2.48. The van der Waals surface area contributed by atoms with Crippen LogP contribution in [0.3, 0.4) is 0 Å². The summed E-state index contributed by atoms with van der Waals surface area (Å²) in [7, 11) is 0. The molecule has 0 aliphatic carbocycles. The summed E-state index contributed by atoms with van der Waals surface area (Å²) in [4.78, 5) is 0. The molecule has 0 radical (unpaired) electrons. The number of hydrogen-bond acceptors (Lipinski definition) is 3. The fourth-order valence-electron chi connectivity index (χ4n) is 1.57. The highest BCUT2D eigenvalue weighted by Crippen LogP contribution is 2.17. The van der Waals surface area contributed by atoms with E-state index in [4.69, 9.17) is 9.52 Å². The van der Waals surface area contributed by atoms with Gasteiger partial charge in [-0.25, -0.2) is 4.39 Å². The molecule has 1 unspecified atom stereocenters. The van der Waals surface area contributed by atoms with Crippen molar-refractivity contribution in [3.8, 4) is 5.75 Å². The van der Waals surface area contributed by atoms with E-state index < -0.39 is 5.82 Å². The molecule has 0 saturated heterocycles. The van der Waals surface area contributed by atoms with Crippen LogP contribution in [0.5, 0.6) is 5.75 Å². The van der Waals surface area contributed by atoms with Crippen molar-refractivity contribution in [2.24, 2.45) is 0 Å². The van der Waals surface area contributed by atoms with Crippen molar-refractivity contribution < 1.29 is 13.9 Å². The zero-order valence-electron chi connectivity index (χ0n) is 9.48. The molecule has 4 heteroatoms. The lowest BCUT2D eigenvalue weighted by molar-refractivity contribution is 0.424. The van der Waals surface area contributed by atoms with Crippen molar-refractivity contribution in [3.05, 3.63) is 53.7 Å². The fraction of sp³-hybridized carbons (Fsp3) is 0.231. The third-order valence-corrected chi connectivity index (χ3v) is 2.59. The van der Waals surface area contributed by atoms with Crippen molar-refractivity contribution >= 4 is 0 Å². The molecule has 17 heavy (non-hydrogen) atoms. The molecule has 2 rings (SSSR count). The molecule has 0 aliphatic heterocycles. The first-order chi connectivity index (χ1) is 8.16. The third kappa shape index (κ3) is 2.85. The average Bonchev–Trinajstić information content (AvgIpc) is 2.84. The second-order valence-electron chi connectivity index (χ2n) is 3.90. The molecule has 0 amide bonds. The molecule has 1 atom stereocenters. The fourth-order valence-corrected chi connectivity index (χ4v) is 1.57. The number of furan rings is 1. The molecule has 0 fully saturated rings. The van der Waals surface area contributed by atoms with E-state index in [1.54, 1.807) is 12.3 Å². The molecule has 2 aromatic rings. The van der Waals surface area contributed by atoms with Gasteiger partial charge in [0.15, 0.2) is 11.6 Å². The molecule has 1 heterocycles. The highest BCUT2D eigenvalue weighted by Gasteiger charge is 2.08. The van der Waals surface area contributed by atoms with Crippen LogP contribution in [-0.2, 0) is 6.54 Å². The van der Waals surface area contributed by atoms with Gasteiger partial charge < -0.3 is 14.8 Å². The smallest absolute Gasteiger partial charge is 0.165 e. The van der Waals surface area contributed by atoms with E-state index in [1.807, 2.05) is 19.1 Å². The second-order valence-corrected chi connectivity index (χ2v) is 3.90. The molecule has 0 saturated carbocycles. The van der Waals surface area contributed by atoms with Crippen LogP contribution in [-0.4, -0.2) is 5.11 Å². The summed E-state index contributed by atoms with van der Waals surface area (Å²) < 4.78 is 18.3. The zero-order valence-corrected chi connectivity index (χ0v) is 9.48. The molecule has 90 valence electrons. The molecule has 0 spiro atoms. The first kappa shape index (κ1) is 11.7. The topological polar surface area (TPSA) is 45.4 Å². The number of hydrogen-bond donors (Lipinski definition) is 2. The van der Waals surface area contributed by atoms with Crippen LogP contribution in [0.15, 0.2) is 41.0 Å². The van der Waals surface area contributed by atoms with Crippen molar-refractivity contribution in [2.75, 3.05) is 0 Å². The lowest BCUT2D eigenvalue weighted by Crippen LogP contribution is -2.17. The standard InChI is InChI=1S/C13H14FNO2/c1-9(13-3-2-6-17-13)15-8-10-4-5-12(16)11(14)7-10/h2-7,9,15-16H,8H2,1H3. The number of aromatic hydroxyl groups is 1. The maximum absolute atomic E-state index is 13.1. The van der Waals surface area contributed by atoms with E-state index in [-0.39, 0.29) is 11.8 Å². The van der Waals surface area contributed by atoms with E-state index in [1.165, 1.54) is 12.1 Å². The van der Waals surface area contributed by atoms with E-state index in [0.29, 0.717) is 6.54 Å². The van der Waals surface area contributed by atoms with E-state index in [0.717, 1.165) is 11.3 Å². The Bertz CT molecular complexity index is 482. The number of halogens is 1. The van der Waals surface area contributed by atoms with Crippen LogP contribution < -0.4 is 5.32 Å². The highest BCUT2D eigenvalue weighted by molar-refractivity contribution is 5.28. The van der Waals surface area contributed by atoms with Crippen LogP contribution in [0.1, 0.15) is 24.3 Å². The number of phenols is 1. The summed E-state index contributed by atoms with van der Waals surface area (Å²) in [5.74, 6) is -0.0907. The predicted octanol–water partition coefficient (Wildman–Crippen LogP) is 2.98. The Balaban J connectivity index is 1.96. The van der Waals surface area contributed by atoms with Crippen LogP contribution in [0.4, 0.5) is 4.39 Å². The Kier molecular flexibility index (Phi) is 3.44. The number of nitrogens with one attached hydrogen (secondary N) is 1. The minimum atomic E-state index is -0.602. The van der Waals surface area contributed by atoms with Gasteiger partial charge in [0.2, 0.25) is 0 Å². The van der Waals surface area contributed by atoms with Gasteiger partial charge in [0.1, 0.15) is 5.76 Å². The lowest BCUT2D eigenvalue weighted by atomic mass is 10.2. The Hall–Kier alpha value is -1.81. The molecular weight excluding hydrogens is 221 g/mol. The monoisotopic (exact) mass is 235 g/mol. The summed E-state index contributed by atoms with van der Waals surface area (Å²) in [5, 5.41) is 12.3. The maximum atomic E-state index is 13.1. The predicted molar refractivity (Wildman–Crippen MR) is 62.0 cm³/mol. The van der Waals surface area contributed by atoms with Gasteiger partial charge in [-0.1, -0.05) is 6.07 Å². The summed E-state index contributed by atoms with van der Waals surface area (Å²) in [6, 6.07) is 8.12. The molecule has 3 nitrogen and oxygen atoms in total. The van der Waals surface area contributed by atoms with Crippen LogP contribution in [0.2, 0.25) is 0 Å². The first-order valence-corrected chi connectivity index (χ1v) is 5.41. The normalized spacial score (nSPS) is 12.6. The van der Waals surface area contributed by atoms with Crippen LogP contribution in [0, 0.1) is 5.82 Å². The number of rotatable bonds is 4. The minimum Gasteiger partial charge on any atom is -0.505 e. The second kappa shape index (κ2) is 5.01. The first-order valence-electron chi connectivity index (χ1n) is 5.41. The van der Waals surface area contributed by atoms with Crippen LogP contribution >= 0.6 is 0 Å². The van der Waals surface area contributed by atoms with Crippen molar-refractivity contribution in [1.29, 1.82) is 0 Å². The van der Waals surface area contributed by atoms with Crippen LogP contribution in [0.25, 0.3) is 0 Å². The SMILES string of the molecule is CC(NCc1ccc(O)c(F)c1)c1ccco1. The molecule has 1 aromatic carbocycles. The lowest BCUT2D eigenvalue weighted by Gasteiger charge is -2.11. The van der Waals surface area contributed by atoms with Gasteiger partial charge in [0, 0.05) is 6.54 Å². The molecular formula is C13H14FNO2. The Morgan fingerprint density at radius 1 is 1.41 bits per heavy atom. The molecule has 0 bridgehead atoms. The number of benzene rings is 1. The third-order valence-electron chi connectivity index (χ3n) is 2.59. The Morgan fingerprint density at radius 3 is 2.88 bits per heavy atom. The van der Waals surface area contributed by atoms with Gasteiger partial charge in [0.25, 0.3) is 0 Å². The van der Waals surface area contributed by atoms with Crippen molar-refractivity contribution in [2.45, 2.75) is 19.5 Å². The molecule has 0 aliphatic rings. The zero-order chi connectivity index (χ0) is 12.3. The highest BCUT2D eigenvalue weighted by atomic mass is 19.1. The van der Waals surface area contributed by atoms with Gasteiger partial charge in [-0.2, -0.15) is 0 Å². The molecule has 2 N–H and O–H groups in total. The number of phenolic OH excluding ortho intramolecular Hbond substituents is 1. The van der Waals surface area contributed by atoms with Crippen molar-refractivity contribution in [1.82, 2.24) is 5.32 Å². The quantitative estimate of drug-likeness (QED) is 0.856. The van der Waals surface area contributed by atoms with E-state index in [2.05, 4.69) is 5.32 Å². The largest absolute Gasteiger partial charge is 0.505 e. The minimum absolute atomic E-state index is 0.0573. The Labute approximate surface area is 98.9 Å². The Morgan fingerprint density at radius 2 is 2.24 bits per heavy atom. The van der Waals surface area contributed by atoms with E-state index >= 15 is 0 Å². The van der Waals surface area contributed by atoms with Crippen molar-refractivity contribution in [3.63, 3.8) is 0 Å². The van der Waals surface area contributed by atoms with Gasteiger partial charge in [-0.3, -0.25) is 0 Å². The van der Waals surface area contributed by atoms with Gasteiger partial charge in [-0.05, 0) is 36.8 Å². The van der Waals surface area contributed by atoms with Gasteiger partial charge in [0.05, 0.1) is 12.3 Å².